The Labute approximate surface area is 129 Å². The molecule has 0 bridgehead atoms. The summed E-state index contributed by atoms with van der Waals surface area (Å²) in [5.74, 6) is 0.333. The lowest BCUT2D eigenvalue weighted by Gasteiger charge is -2.06. The van der Waals surface area contributed by atoms with E-state index in [0.29, 0.717) is 25.2 Å². The van der Waals surface area contributed by atoms with Gasteiger partial charge in [-0.15, -0.1) is 24.0 Å². The molecule has 1 saturated carbocycles. The lowest BCUT2D eigenvalue weighted by molar-refractivity contribution is 0.321. The van der Waals surface area contributed by atoms with Crippen molar-refractivity contribution in [2.45, 2.75) is 32.4 Å². The normalized spacial score (nSPS) is 14.7. The first-order valence-electron chi connectivity index (χ1n) is 6.16. The minimum atomic E-state index is -0.363. The van der Waals surface area contributed by atoms with E-state index in [9.17, 15) is 4.39 Å². The molecular formula is C13H19FIN3O. The molecule has 1 aromatic rings. The smallest absolute Gasteiger partial charge is 0.189 e. The zero-order chi connectivity index (χ0) is 13.0. The van der Waals surface area contributed by atoms with E-state index in [0.717, 1.165) is 18.4 Å². The maximum Gasteiger partial charge on any atom is 0.189 e. The molecule has 1 aliphatic carbocycles. The van der Waals surface area contributed by atoms with E-state index < -0.39 is 0 Å². The number of hydrogen-bond donors (Lipinski definition) is 2. The van der Waals surface area contributed by atoms with Crippen molar-refractivity contribution in [1.82, 2.24) is 5.32 Å². The van der Waals surface area contributed by atoms with Gasteiger partial charge in [0.25, 0.3) is 0 Å². The average molecular weight is 379 g/mol. The van der Waals surface area contributed by atoms with Crippen LogP contribution in [-0.4, -0.2) is 18.6 Å². The van der Waals surface area contributed by atoms with Crippen LogP contribution in [0.3, 0.4) is 0 Å². The van der Waals surface area contributed by atoms with Gasteiger partial charge in [0.2, 0.25) is 0 Å². The van der Waals surface area contributed by atoms with Crippen molar-refractivity contribution in [3.63, 3.8) is 0 Å². The summed E-state index contributed by atoms with van der Waals surface area (Å²) in [5.41, 5.74) is 6.47. The molecule has 0 atom stereocenters. The maximum absolute atomic E-state index is 13.6. The van der Waals surface area contributed by atoms with E-state index in [2.05, 4.69) is 10.3 Å². The molecule has 0 saturated heterocycles. The number of nitrogens with one attached hydrogen (secondary N) is 1. The molecule has 4 nitrogen and oxygen atoms in total. The second-order valence-electron chi connectivity index (χ2n) is 4.32. The van der Waals surface area contributed by atoms with E-state index >= 15 is 0 Å². The molecule has 1 fully saturated rings. The minimum absolute atomic E-state index is 0. The highest BCUT2D eigenvalue weighted by atomic mass is 127. The second kappa shape index (κ2) is 7.52. The van der Waals surface area contributed by atoms with Crippen LogP contribution in [0.5, 0.6) is 5.75 Å². The number of nitrogens with two attached hydrogens (primary N) is 1. The topological polar surface area (TPSA) is 59.6 Å². The Kier molecular flexibility index (Phi) is 6.33. The summed E-state index contributed by atoms with van der Waals surface area (Å²) < 4.78 is 18.7. The molecule has 0 heterocycles. The Morgan fingerprint density at radius 3 is 2.84 bits per heavy atom. The van der Waals surface area contributed by atoms with Crippen LogP contribution < -0.4 is 15.8 Å². The summed E-state index contributed by atoms with van der Waals surface area (Å²) in [6.45, 7) is 2.64. The van der Waals surface area contributed by atoms with Crippen LogP contribution in [0.15, 0.2) is 23.2 Å². The highest BCUT2D eigenvalue weighted by Crippen LogP contribution is 2.19. The molecule has 3 N–H and O–H groups in total. The van der Waals surface area contributed by atoms with Crippen molar-refractivity contribution in [3.05, 3.63) is 29.6 Å². The van der Waals surface area contributed by atoms with Gasteiger partial charge in [-0.1, -0.05) is 6.07 Å². The highest BCUT2D eigenvalue weighted by molar-refractivity contribution is 14.0. The monoisotopic (exact) mass is 379 g/mol. The lowest BCUT2D eigenvalue weighted by atomic mass is 10.2. The molecule has 106 valence electrons. The second-order valence-corrected chi connectivity index (χ2v) is 4.32. The summed E-state index contributed by atoms with van der Waals surface area (Å²) in [7, 11) is 0. The van der Waals surface area contributed by atoms with Gasteiger partial charge in [0.1, 0.15) is 0 Å². The Balaban J connectivity index is 0.00000180. The van der Waals surface area contributed by atoms with E-state index in [1.54, 1.807) is 12.1 Å². The average Bonchev–Trinajstić information content (AvgIpc) is 3.14. The minimum Gasteiger partial charge on any atom is -0.491 e. The first-order valence-corrected chi connectivity index (χ1v) is 6.16. The summed E-state index contributed by atoms with van der Waals surface area (Å²) in [4.78, 5) is 4.17. The van der Waals surface area contributed by atoms with Gasteiger partial charge < -0.3 is 15.8 Å². The zero-order valence-corrected chi connectivity index (χ0v) is 13.2. The Morgan fingerprint density at radius 2 is 2.26 bits per heavy atom. The van der Waals surface area contributed by atoms with Gasteiger partial charge in [-0.05, 0) is 37.5 Å². The van der Waals surface area contributed by atoms with Gasteiger partial charge in [0.05, 0.1) is 13.2 Å². The van der Waals surface area contributed by atoms with Crippen molar-refractivity contribution >= 4 is 29.9 Å². The maximum atomic E-state index is 13.6. The van der Waals surface area contributed by atoms with Crippen molar-refractivity contribution in [1.29, 1.82) is 0 Å². The Bertz CT molecular complexity index is 450. The number of rotatable bonds is 5. The van der Waals surface area contributed by atoms with Crippen molar-refractivity contribution in [3.8, 4) is 5.75 Å². The molecule has 0 aliphatic heterocycles. The van der Waals surface area contributed by atoms with Gasteiger partial charge in [0.15, 0.2) is 17.5 Å². The van der Waals surface area contributed by atoms with Gasteiger partial charge >= 0.3 is 0 Å². The van der Waals surface area contributed by atoms with E-state index in [-0.39, 0.29) is 35.5 Å². The first kappa shape index (κ1) is 16.0. The molecule has 19 heavy (non-hydrogen) atoms. The molecule has 0 spiro atoms. The Hall–Kier alpha value is -1.05. The largest absolute Gasteiger partial charge is 0.491 e. The van der Waals surface area contributed by atoms with Crippen LogP contribution in [-0.2, 0) is 6.54 Å². The molecule has 0 unspecified atom stereocenters. The number of nitrogens with zero attached hydrogens (tertiary/aromatic N) is 1. The van der Waals surface area contributed by atoms with Gasteiger partial charge in [-0.25, -0.2) is 9.38 Å². The molecule has 2 rings (SSSR count). The lowest BCUT2D eigenvalue weighted by Crippen LogP contribution is -2.33. The fourth-order valence-corrected chi connectivity index (χ4v) is 1.57. The standard InChI is InChI=1S/C13H18FN3O.HI/c1-2-18-12-6-3-9(7-11(12)14)8-16-13(15)17-10-4-5-10;/h3,6-7,10H,2,4-5,8H2,1H3,(H3,15,16,17);1H. The van der Waals surface area contributed by atoms with Crippen molar-refractivity contribution in [2.75, 3.05) is 6.61 Å². The molecule has 0 amide bonds. The number of guanidine groups is 1. The van der Waals surface area contributed by atoms with E-state index in [1.807, 2.05) is 6.92 Å². The molecule has 0 aromatic heterocycles. The number of halogens is 2. The number of aliphatic imine (C=N–C) groups is 1. The van der Waals surface area contributed by atoms with Crippen LogP contribution in [0.4, 0.5) is 4.39 Å². The van der Waals surface area contributed by atoms with Crippen LogP contribution in [0.2, 0.25) is 0 Å². The molecule has 1 aliphatic rings. The third kappa shape index (κ3) is 5.22. The molecule has 1 aromatic carbocycles. The molecular weight excluding hydrogens is 360 g/mol. The summed E-state index contributed by atoms with van der Waals surface area (Å²) in [6, 6.07) is 5.32. The SMILES string of the molecule is CCOc1ccc(CN=C(N)NC2CC2)cc1F.I. The highest BCUT2D eigenvalue weighted by Gasteiger charge is 2.21. The number of benzene rings is 1. The van der Waals surface area contributed by atoms with Crippen LogP contribution in [0.1, 0.15) is 25.3 Å². The van der Waals surface area contributed by atoms with Gasteiger partial charge in [0, 0.05) is 6.04 Å². The van der Waals surface area contributed by atoms with Crippen molar-refractivity contribution in [2.24, 2.45) is 10.7 Å². The number of ether oxygens (including phenoxy) is 1. The summed E-state index contributed by atoms with van der Waals surface area (Å²) in [6.07, 6.45) is 2.29. The Morgan fingerprint density at radius 1 is 1.53 bits per heavy atom. The van der Waals surface area contributed by atoms with Crippen LogP contribution in [0.25, 0.3) is 0 Å². The van der Waals surface area contributed by atoms with Crippen LogP contribution >= 0.6 is 24.0 Å². The zero-order valence-electron chi connectivity index (χ0n) is 10.9. The quantitative estimate of drug-likeness (QED) is 0.469. The fraction of sp³-hybridized carbons (Fsp3) is 0.462. The molecule has 0 radical (unpaired) electrons. The van der Waals surface area contributed by atoms with E-state index in [4.69, 9.17) is 10.5 Å². The third-order valence-electron chi connectivity index (χ3n) is 2.66. The third-order valence-corrected chi connectivity index (χ3v) is 2.66. The molecule has 6 heteroatoms. The summed E-state index contributed by atoms with van der Waals surface area (Å²) >= 11 is 0. The predicted octanol–water partition coefficient (Wildman–Crippen LogP) is 2.41. The van der Waals surface area contributed by atoms with Gasteiger partial charge in [-0.3, -0.25) is 0 Å². The summed E-state index contributed by atoms with van der Waals surface area (Å²) in [5, 5.41) is 3.08. The number of hydrogen-bond acceptors (Lipinski definition) is 2. The fourth-order valence-electron chi connectivity index (χ4n) is 1.57. The first-order chi connectivity index (χ1) is 8.69. The van der Waals surface area contributed by atoms with Crippen LogP contribution in [0, 0.1) is 5.82 Å². The van der Waals surface area contributed by atoms with E-state index in [1.165, 1.54) is 6.07 Å². The van der Waals surface area contributed by atoms with Crippen molar-refractivity contribution < 1.29 is 9.13 Å². The van der Waals surface area contributed by atoms with Gasteiger partial charge in [-0.2, -0.15) is 0 Å². The predicted molar refractivity (Wildman–Crippen MR) is 84.5 cm³/mol.